The number of hydrogen-bond donors (Lipinski definition) is 0. The maximum Gasteiger partial charge on any atom is 0.327 e. The Hall–Kier alpha value is -1.79. The van der Waals surface area contributed by atoms with Gasteiger partial charge >= 0.3 is 11.9 Å². The zero-order valence-electron chi connectivity index (χ0n) is 16.6. The van der Waals surface area contributed by atoms with Crippen molar-refractivity contribution in [2.45, 2.75) is 47.0 Å². The highest BCUT2D eigenvalue weighted by Gasteiger charge is 2.28. The van der Waals surface area contributed by atoms with E-state index in [4.69, 9.17) is 21.1 Å². The molecule has 2 rings (SSSR count). The molecule has 0 bridgehead atoms. The summed E-state index contributed by atoms with van der Waals surface area (Å²) in [6, 6.07) is 5.07. The molecule has 1 aromatic carbocycles. The normalized spacial score (nSPS) is 15.3. The number of piperidine rings is 1. The molecule has 7 heteroatoms. The molecule has 1 saturated heterocycles. The molecule has 0 aromatic heterocycles. The molecule has 1 aromatic rings. The fourth-order valence-corrected chi connectivity index (χ4v) is 2.98. The monoisotopic (exact) mass is 396 g/mol. The number of rotatable bonds is 6. The van der Waals surface area contributed by atoms with Crippen LogP contribution in [0.25, 0.3) is 0 Å². The van der Waals surface area contributed by atoms with Gasteiger partial charge in [0.05, 0.1) is 17.7 Å². The second kappa shape index (κ2) is 9.42. The molecule has 150 valence electrons. The largest absolute Gasteiger partial charge is 0.465 e. The average molecular weight is 397 g/mol. The van der Waals surface area contributed by atoms with Crippen molar-refractivity contribution in [2.24, 2.45) is 5.41 Å². The van der Waals surface area contributed by atoms with E-state index in [1.54, 1.807) is 45.9 Å². The van der Waals surface area contributed by atoms with Gasteiger partial charge in [-0.25, -0.2) is 5.01 Å². The van der Waals surface area contributed by atoms with Crippen molar-refractivity contribution in [3.05, 3.63) is 23.2 Å². The van der Waals surface area contributed by atoms with Gasteiger partial charge in [0, 0.05) is 18.1 Å². The number of nitrogens with zero attached hydrogens (tertiary/aromatic N) is 2. The van der Waals surface area contributed by atoms with Gasteiger partial charge in [-0.05, 0) is 58.7 Å². The van der Waals surface area contributed by atoms with Crippen LogP contribution in [0.1, 0.15) is 47.0 Å². The number of esters is 2. The molecule has 1 aliphatic rings. The number of carbonyl (C=O) groups is 2. The van der Waals surface area contributed by atoms with Gasteiger partial charge in [-0.3, -0.25) is 14.6 Å². The van der Waals surface area contributed by atoms with E-state index in [2.05, 4.69) is 5.01 Å². The second-order valence-corrected chi connectivity index (χ2v) is 8.06. The van der Waals surface area contributed by atoms with Crippen molar-refractivity contribution in [3.63, 3.8) is 0 Å². The first-order valence-corrected chi connectivity index (χ1v) is 9.80. The van der Waals surface area contributed by atoms with Gasteiger partial charge in [0.1, 0.15) is 6.54 Å². The number of ether oxygens (including phenoxy) is 2. The summed E-state index contributed by atoms with van der Waals surface area (Å²) < 4.78 is 10.8. The van der Waals surface area contributed by atoms with Gasteiger partial charge in [0.25, 0.3) is 0 Å². The molecule has 0 radical (unpaired) electrons. The van der Waals surface area contributed by atoms with Gasteiger partial charge in [-0.2, -0.15) is 0 Å². The quantitative estimate of drug-likeness (QED) is 0.533. The maximum absolute atomic E-state index is 12.4. The molecule has 0 aliphatic carbocycles. The molecular formula is C20H29ClN2O4. The summed E-state index contributed by atoms with van der Waals surface area (Å²) in [5.41, 5.74) is -0.0522. The zero-order chi connectivity index (χ0) is 20.0. The van der Waals surface area contributed by atoms with Crippen LogP contribution in [0.5, 0.6) is 5.75 Å². The fraction of sp³-hybridized carbons (Fsp3) is 0.600. The minimum atomic E-state index is -0.645. The minimum Gasteiger partial charge on any atom is -0.465 e. The van der Waals surface area contributed by atoms with E-state index in [1.165, 1.54) is 0 Å². The van der Waals surface area contributed by atoms with Crippen molar-refractivity contribution in [3.8, 4) is 5.75 Å². The van der Waals surface area contributed by atoms with Gasteiger partial charge in [-0.15, -0.1) is 0 Å². The van der Waals surface area contributed by atoms with E-state index in [1.807, 2.05) is 5.01 Å². The highest BCUT2D eigenvalue weighted by Crippen LogP contribution is 2.34. The Morgan fingerprint density at radius 2 is 1.85 bits per heavy atom. The standard InChI is InChI=1S/C20H29ClN2O4/c1-5-26-18(24)14-23(22-11-7-6-8-12-22)16-13-15(21)9-10-17(16)27-19(25)20(2,3)4/h9-10,13H,5-8,11-12,14H2,1-4H3. The molecule has 0 spiro atoms. The van der Waals surface area contributed by atoms with Crippen LogP contribution in [-0.2, 0) is 14.3 Å². The van der Waals surface area contributed by atoms with Crippen LogP contribution in [0, 0.1) is 5.41 Å². The Bertz CT molecular complexity index is 666. The van der Waals surface area contributed by atoms with Crippen LogP contribution >= 0.6 is 11.6 Å². The molecule has 0 amide bonds. The van der Waals surface area contributed by atoms with Gasteiger partial charge in [-0.1, -0.05) is 18.0 Å². The SMILES string of the molecule is CCOC(=O)CN(c1cc(Cl)ccc1OC(=O)C(C)(C)C)N1CCCCC1. The van der Waals surface area contributed by atoms with Crippen LogP contribution in [0.3, 0.4) is 0 Å². The Morgan fingerprint density at radius 3 is 2.44 bits per heavy atom. The molecule has 27 heavy (non-hydrogen) atoms. The molecule has 6 nitrogen and oxygen atoms in total. The van der Waals surface area contributed by atoms with E-state index < -0.39 is 5.41 Å². The van der Waals surface area contributed by atoms with Crippen LogP contribution in [0.2, 0.25) is 5.02 Å². The van der Waals surface area contributed by atoms with Crippen LogP contribution < -0.4 is 9.75 Å². The summed E-state index contributed by atoms with van der Waals surface area (Å²) in [5, 5.41) is 4.43. The molecule has 0 unspecified atom stereocenters. The smallest absolute Gasteiger partial charge is 0.327 e. The summed E-state index contributed by atoms with van der Waals surface area (Å²) in [7, 11) is 0. The second-order valence-electron chi connectivity index (χ2n) is 7.63. The van der Waals surface area contributed by atoms with Crippen LogP contribution in [0.15, 0.2) is 18.2 Å². The molecular weight excluding hydrogens is 368 g/mol. The highest BCUT2D eigenvalue weighted by molar-refractivity contribution is 6.31. The first kappa shape index (κ1) is 21.5. The van der Waals surface area contributed by atoms with Crippen molar-refractivity contribution in [2.75, 3.05) is 31.3 Å². The summed E-state index contributed by atoms with van der Waals surface area (Å²) in [5.74, 6) is -0.300. The lowest BCUT2D eigenvalue weighted by Gasteiger charge is -2.39. The van der Waals surface area contributed by atoms with Gasteiger partial charge in [0.2, 0.25) is 0 Å². The Morgan fingerprint density at radius 1 is 1.19 bits per heavy atom. The molecule has 1 heterocycles. The summed E-state index contributed by atoms with van der Waals surface area (Å²) in [6.07, 6.45) is 3.24. The Labute approximate surface area is 166 Å². The summed E-state index contributed by atoms with van der Waals surface area (Å²) >= 11 is 6.22. The van der Waals surface area contributed by atoms with Crippen molar-refractivity contribution < 1.29 is 19.1 Å². The first-order valence-electron chi connectivity index (χ1n) is 9.42. The average Bonchev–Trinajstić information content (AvgIpc) is 2.61. The van der Waals surface area contributed by atoms with E-state index in [0.29, 0.717) is 23.1 Å². The van der Waals surface area contributed by atoms with Crippen LogP contribution in [-0.4, -0.2) is 43.2 Å². The number of hydrazine groups is 1. The number of carbonyl (C=O) groups excluding carboxylic acids is 2. The van der Waals surface area contributed by atoms with E-state index in [-0.39, 0.29) is 18.5 Å². The van der Waals surface area contributed by atoms with Crippen LogP contribution in [0.4, 0.5) is 5.69 Å². The maximum atomic E-state index is 12.4. The molecule has 0 N–H and O–H groups in total. The van der Waals surface area contributed by atoms with E-state index >= 15 is 0 Å². The Kier molecular flexibility index (Phi) is 7.50. The zero-order valence-corrected chi connectivity index (χ0v) is 17.3. The lowest BCUT2D eigenvalue weighted by atomic mass is 9.97. The van der Waals surface area contributed by atoms with E-state index in [0.717, 1.165) is 32.4 Å². The predicted molar refractivity (Wildman–Crippen MR) is 106 cm³/mol. The predicted octanol–water partition coefficient (Wildman–Crippen LogP) is 4.06. The molecule has 0 atom stereocenters. The third-order valence-corrected chi connectivity index (χ3v) is 4.51. The third kappa shape index (κ3) is 6.11. The molecule has 1 aliphatic heterocycles. The minimum absolute atomic E-state index is 0.0360. The topological polar surface area (TPSA) is 59.1 Å². The van der Waals surface area contributed by atoms with Gasteiger partial charge < -0.3 is 9.47 Å². The summed E-state index contributed by atoms with van der Waals surface area (Å²) in [4.78, 5) is 24.6. The number of benzene rings is 1. The number of halogens is 1. The number of anilines is 1. The van der Waals surface area contributed by atoms with E-state index in [9.17, 15) is 9.59 Å². The van der Waals surface area contributed by atoms with Crippen molar-refractivity contribution in [1.82, 2.24) is 5.01 Å². The lowest BCUT2D eigenvalue weighted by molar-refractivity contribution is -0.143. The van der Waals surface area contributed by atoms with Crippen molar-refractivity contribution in [1.29, 1.82) is 0 Å². The summed E-state index contributed by atoms with van der Waals surface area (Å²) in [6.45, 7) is 9.16. The Balaban J connectivity index is 2.38. The van der Waals surface area contributed by atoms with Gasteiger partial charge in [0.15, 0.2) is 5.75 Å². The molecule has 1 fully saturated rings. The fourth-order valence-electron chi connectivity index (χ4n) is 2.82. The number of hydrogen-bond acceptors (Lipinski definition) is 6. The molecule has 0 saturated carbocycles. The lowest BCUT2D eigenvalue weighted by Crippen LogP contribution is -2.48. The third-order valence-electron chi connectivity index (χ3n) is 4.27. The highest BCUT2D eigenvalue weighted by atomic mass is 35.5. The first-order chi connectivity index (χ1) is 12.7. The van der Waals surface area contributed by atoms with Crippen molar-refractivity contribution >= 4 is 29.2 Å².